The Kier molecular flexibility index (Phi) is 5.74. The molecule has 1 nitrogen and oxygen atoms in total. The number of hydrogen-bond donors (Lipinski definition) is 0. The van der Waals surface area contributed by atoms with Crippen LogP contribution in [0.25, 0.3) is 0 Å². The summed E-state index contributed by atoms with van der Waals surface area (Å²) in [6, 6.07) is 9.87. The first-order valence-electron chi connectivity index (χ1n) is 6.68. The van der Waals surface area contributed by atoms with Crippen LogP contribution in [0.2, 0.25) is 0 Å². The van der Waals surface area contributed by atoms with Crippen LogP contribution in [0.1, 0.15) is 17.5 Å². The molecule has 0 heterocycles. The highest BCUT2D eigenvalue weighted by Crippen LogP contribution is 2.19. The Labute approximate surface area is 132 Å². The van der Waals surface area contributed by atoms with Crippen molar-refractivity contribution in [1.82, 2.24) is 0 Å². The molecule has 0 aliphatic rings. The molecule has 4 heteroatoms. The number of methoxy groups -OCH3 is 1. The number of unbranched alkanes of at least 4 members (excludes halogenated alkanes) is 1. The second-order valence-electron chi connectivity index (χ2n) is 4.72. The van der Waals surface area contributed by atoms with Gasteiger partial charge in [-0.05, 0) is 55.0 Å². The fourth-order valence-electron chi connectivity index (χ4n) is 2.06. The van der Waals surface area contributed by atoms with Crippen LogP contribution < -0.4 is 4.74 Å². The smallest absolute Gasteiger partial charge is 0.130 e. The van der Waals surface area contributed by atoms with E-state index in [4.69, 9.17) is 4.74 Å². The lowest BCUT2D eigenvalue weighted by Crippen LogP contribution is -1.96. The van der Waals surface area contributed by atoms with Crippen LogP contribution >= 0.6 is 15.9 Å². The average molecular weight is 354 g/mol. The zero-order valence-electron chi connectivity index (χ0n) is 11.7. The summed E-state index contributed by atoms with van der Waals surface area (Å²) in [6.07, 6.45) is 3.79. The first-order chi connectivity index (χ1) is 10.1. The highest BCUT2D eigenvalue weighted by atomic mass is 79.9. The van der Waals surface area contributed by atoms with Crippen molar-refractivity contribution in [2.45, 2.75) is 19.3 Å². The van der Waals surface area contributed by atoms with Crippen molar-refractivity contribution in [3.05, 3.63) is 70.1 Å². The van der Waals surface area contributed by atoms with Gasteiger partial charge >= 0.3 is 0 Å². The Morgan fingerprint density at radius 2 is 1.76 bits per heavy atom. The third-order valence-electron chi connectivity index (χ3n) is 3.26. The van der Waals surface area contributed by atoms with Gasteiger partial charge in [-0.25, -0.2) is 8.78 Å². The van der Waals surface area contributed by atoms with E-state index >= 15 is 0 Å². The van der Waals surface area contributed by atoms with Crippen molar-refractivity contribution in [2.24, 2.45) is 0 Å². The van der Waals surface area contributed by atoms with Crippen LogP contribution in [-0.2, 0) is 12.8 Å². The predicted octanol–water partition coefficient (Wildman–Crippen LogP) is 5.12. The van der Waals surface area contributed by atoms with Gasteiger partial charge in [-0.2, -0.15) is 0 Å². The largest absolute Gasteiger partial charge is 0.497 e. The zero-order chi connectivity index (χ0) is 15.2. The number of benzene rings is 2. The molecule has 1 radical (unpaired) electrons. The van der Waals surface area contributed by atoms with Gasteiger partial charge in [0.05, 0.1) is 7.11 Å². The van der Waals surface area contributed by atoms with E-state index in [1.165, 1.54) is 19.2 Å². The third-order valence-corrected chi connectivity index (χ3v) is 3.75. The summed E-state index contributed by atoms with van der Waals surface area (Å²) >= 11 is 3.23. The van der Waals surface area contributed by atoms with Crippen LogP contribution in [0.5, 0.6) is 5.75 Å². The second-order valence-corrected chi connectivity index (χ2v) is 5.64. The van der Waals surface area contributed by atoms with Crippen molar-refractivity contribution < 1.29 is 13.5 Å². The molecule has 0 N–H and O–H groups in total. The normalized spacial score (nSPS) is 10.7. The van der Waals surface area contributed by atoms with Crippen molar-refractivity contribution in [3.8, 4) is 5.75 Å². The summed E-state index contributed by atoms with van der Waals surface area (Å²) in [5.74, 6) is 0.0157. The van der Waals surface area contributed by atoms with Crippen LogP contribution in [0.4, 0.5) is 8.78 Å². The molecule has 0 atom stereocenters. The number of hydrogen-bond acceptors (Lipinski definition) is 1. The van der Waals surface area contributed by atoms with Gasteiger partial charge in [0.1, 0.15) is 17.4 Å². The standard InChI is InChI=1S/C17H16BrF2O/c1-21-15-9-7-13(17(20)11-15)5-3-2-4-12-6-8-14(18)10-16(12)19/h3,6-11H,2,4-5H2,1H3. The molecule has 2 rings (SSSR count). The first-order valence-corrected chi connectivity index (χ1v) is 7.47. The minimum Gasteiger partial charge on any atom is -0.497 e. The van der Waals surface area contributed by atoms with E-state index in [0.29, 0.717) is 36.1 Å². The molecule has 0 amide bonds. The average Bonchev–Trinajstić information content (AvgIpc) is 2.46. The summed E-state index contributed by atoms with van der Waals surface area (Å²) in [4.78, 5) is 0. The molecule has 0 saturated carbocycles. The summed E-state index contributed by atoms with van der Waals surface area (Å²) < 4.78 is 33.1. The van der Waals surface area contributed by atoms with Gasteiger partial charge < -0.3 is 4.74 Å². The number of ether oxygens (including phenoxy) is 1. The Morgan fingerprint density at radius 3 is 2.43 bits per heavy atom. The van der Waals surface area contributed by atoms with E-state index in [2.05, 4.69) is 15.9 Å². The fraction of sp³-hybridized carbons (Fsp3) is 0.235. The number of halogens is 3. The Hall–Kier alpha value is -1.42. The molecule has 0 unspecified atom stereocenters. The van der Waals surface area contributed by atoms with E-state index in [1.54, 1.807) is 18.2 Å². The lowest BCUT2D eigenvalue weighted by Gasteiger charge is -2.06. The van der Waals surface area contributed by atoms with Gasteiger partial charge in [-0.15, -0.1) is 0 Å². The minimum atomic E-state index is -0.277. The maximum atomic E-state index is 13.7. The molecule has 0 aromatic heterocycles. The van der Waals surface area contributed by atoms with Crippen LogP contribution in [0, 0.1) is 18.1 Å². The molecule has 0 aliphatic heterocycles. The fourth-order valence-corrected chi connectivity index (χ4v) is 2.39. The van der Waals surface area contributed by atoms with Gasteiger partial charge in [0.25, 0.3) is 0 Å². The number of aryl methyl sites for hydroxylation is 1. The highest BCUT2D eigenvalue weighted by Gasteiger charge is 2.06. The van der Waals surface area contributed by atoms with E-state index in [1.807, 2.05) is 12.5 Å². The molecule has 2 aromatic rings. The predicted molar refractivity (Wildman–Crippen MR) is 83.4 cm³/mol. The lowest BCUT2D eigenvalue weighted by molar-refractivity contribution is 0.411. The quantitative estimate of drug-likeness (QED) is 0.655. The van der Waals surface area contributed by atoms with Crippen molar-refractivity contribution in [2.75, 3.05) is 7.11 Å². The molecule has 0 spiro atoms. The van der Waals surface area contributed by atoms with Crippen LogP contribution in [0.15, 0.2) is 40.9 Å². The molecule has 21 heavy (non-hydrogen) atoms. The summed E-state index contributed by atoms with van der Waals surface area (Å²) in [5.41, 5.74) is 1.29. The molecule has 2 aromatic carbocycles. The number of rotatable bonds is 6. The Morgan fingerprint density at radius 1 is 1.05 bits per heavy atom. The molecular weight excluding hydrogens is 338 g/mol. The van der Waals surface area contributed by atoms with Crippen molar-refractivity contribution in [3.63, 3.8) is 0 Å². The summed E-state index contributed by atoms with van der Waals surface area (Å²) in [5, 5.41) is 0. The molecule has 0 fully saturated rings. The Balaban J connectivity index is 1.84. The molecular formula is C17H16BrF2O. The van der Waals surface area contributed by atoms with Gasteiger partial charge in [-0.3, -0.25) is 0 Å². The SMILES string of the molecule is COc1ccc(C[CH]CCc2ccc(Br)cc2F)c(F)c1. The summed E-state index contributed by atoms with van der Waals surface area (Å²) in [6.45, 7) is 0. The van der Waals surface area contributed by atoms with Gasteiger partial charge in [0.15, 0.2) is 0 Å². The monoisotopic (exact) mass is 353 g/mol. The van der Waals surface area contributed by atoms with E-state index < -0.39 is 0 Å². The van der Waals surface area contributed by atoms with Crippen molar-refractivity contribution >= 4 is 15.9 Å². The first kappa shape index (κ1) is 16.0. The van der Waals surface area contributed by atoms with E-state index in [9.17, 15) is 8.78 Å². The molecule has 111 valence electrons. The Bertz CT molecular complexity index is 614. The van der Waals surface area contributed by atoms with Crippen LogP contribution in [0.3, 0.4) is 0 Å². The topological polar surface area (TPSA) is 9.23 Å². The maximum absolute atomic E-state index is 13.7. The minimum absolute atomic E-state index is 0.214. The van der Waals surface area contributed by atoms with Gasteiger partial charge in [0, 0.05) is 10.5 Å². The molecule has 0 aliphatic carbocycles. The zero-order valence-corrected chi connectivity index (χ0v) is 13.3. The van der Waals surface area contributed by atoms with Gasteiger partial charge in [-0.1, -0.05) is 28.1 Å². The second kappa shape index (κ2) is 7.55. The summed E-state index contributed by atoms with van der Waals surface area (Å²) in [7, 11) is 1.51. The molecule has 0 bridgehead atoms. The van der Waals surface area contributed by atoms with Crippen LogP contribution in [-0.4, -0.2) is 7.11 Å². The molecule has 0 saturated heterocycles. The van der Waals surface area contributed by atoms with E-state index in [-0.39, 0.29) is 11.6 Å². The lowest BCUT2D eigenvalue weighted by atomic mass is 10.0. The highest BCUT2D eigenvalue weighted by molar-refractivity contribution is 9.10. The van der Waals surface area contributed by atoms with E-state index in [0.717, 1.165) is 4.47 Å². The maximum Gasteiger partial charge on any atom is 0.130 e. The third kappa shape index (κ3) is 4.53. The van der Waals surface area contributed by atoms with Crippen molar-refractivity contribution in [1.29, 1.82) is 0 Å². The van der Waals surface area contributed by atoms with Gasteiger partial charge in [0.2, 0.25) is 0 Å².